The van der Waals surface area contributed by atoms with Crippen molar-refractivity contribution >= 4 is 21.6 Å². The van der Waals surface area contributed by atoms with E-state index in [0.717, 1.165) is 18.4 Å². The highest BCUT2D eigenvalue weighted by Crippen LogP contribution is 2.36. The van der Waals surface area contributed by atoms with E-state index in [0.29, 0.717) is 10.6 Å². The van der Waals surface area contributed by atoms with Gasteiger partial charge in [0.15, 0.2) is 0 Å². The predicted molar refractivity (Wildman–Crippen MR) is 72.0 cm³/mol. The molecule has 1 aliphatic rings. The molecule has 1 saturated carbocycles. The summed E-state index contributed by atoms with van der Waals surface area (Å²) in [4.78, 5) is 0.226. The first kappa shape index (κ1) is 13.8. The molecule has 0 aliphatic heterocycles. The number of hydrogen-bond acceptors (Lipinski definition) is 3. The average Bonchev–Trinajstić information content (AvgIpc) is 2.97. The summed E-state index contributed by atoms with van der Waals surface area (Å²) in [5.41, 5.74) is 6.72. The van der Waals surface area contributed by atoms with Crippen LogP contribution in [0.1, 0.15) is 30.9 Å². The van der Waals surface area contributed by atoms with E-state index in [9.17, 15) is 8.42 Å². The average molecular weight is 289 g/mol. The van der Waals surface area contributed by atoms with Crippen molar-refractivity contribution in [3.05, 3.63) is 28.3 Å². The van der Waals surface area contributed by atoms with E-state index in [1.807, 2.05) is 6.92 Å². The molecule has 1 aromatic rings. The molecule has 0 heterocycles. The van der Waals surface area contributed by atoms with Gasteiger partial charge >= 0.3 is 0 Å². The Hall–Kier alpha value is -0.620. The van der Waals surface area contributed by atoms with Crippen molar-refractivity contribution in [3.8, 4) is 0 Å². The Kier molecular flexibility index (Phi) is 3.44. The molecule has 0 saturated heterocycles. The minimum atomic E-state index is -3.53. The van der Waals surface area contributed by atoms with Gasteiger partial charge in [0.25, 0.3) is 0 Å². The molecule has 100 valence electrons. The Labute approximate surface area is 113 Å². The zero-order valence-electron chi connectivity index (χ0n) is 10.5. The first-order valence-electron chi connectivity index (χ1n) is 5.80. The summed E-state index contributed by atoms with van der Waals surface area (Å²) in [7, 11) is -3.53. The highest BCUT2D eigenvalue weighted by molar-refractivity contribution is 7.89. The van der Waals surface area contributed by atoms with Gasteiger partial charge in [-0.1, -0.05) is 11.6 Å². The van der Waals surface area contributed by atoms with Crippen LogP contribution in [0.5, 0.6) is 0 Å². The predicted octanol–water partition coefficient (Wildman–Crippen LogP) is 1.94. The smallest absolute Gasteiger partial charge is 0.241 e. The van der Waals surface area contributed by atoms with Gasteiger partial charge in [-0.25, -0.2) is 13.1 Å². The molecule has 3 N–H and O–H groups in total. The molecule has 0 bridgehead atoms. The molecule has 18 heavy (non-hydrogen) atoms. The molecule has 0 spiro atoms. The van der Waals surface area contributed by atoms with E-state index >= 15 is 0 Å². The summed E-state index contributed by atoms with van der Waals surface area (Å²) in [6.07, 6.45) is 1.74. The lowest BCUT2D eigenvalue weighted by Crippen LogP contribution is -2.34. The third-order valence-electron chi connectivity index (χ3n) is 3.32. The molecule has 0 atom stereocenters. The molecule has 0 amide bonds. The van der Waals surface area contributed by atoms with Crippen molar-refractivity contribution in [1.82, 2.24) is 4.72 Å². The van der Waals surface area contributed by atoms with Crippen molar-refractivity contribution in [3.63, 3.8) is 0 Å². The standard InChI is InChI=1S/C12H17ClN2O2S/c1-8-9(7-14)5-10(13)6-11(8)18(16,17)15-12(2)3-4-12/h5-6,15H,3-4,7,14H2,1-2H3. The van der Waals surface area contributed by atoms with E-state index in [1.54, 1.807) is 13.0 Å². The lowest BCUT2D eigenvalue weighted by Gasteiger charge is -2.16. The van der Waals surface area contributed by atoms with Crippen molar-refractivity contribution in [2.75, 3.05) is 0 Å². The molecule has 2 rings (SSSR count). The number of hydrogen-bond donors (Lipinski definition) is 2. The Morgan fingerprint density at radius 1 is 1.44 bits per heavy atom. The third-order valence-corrected chi connectivity index (χ3v) is 5.31. The number of rotatable bonds is 4. The SMILES string of the molecule is Cc1c(CN)cc(Cl)cc1S(=O)(=O)NC1(C)CC1. The second kappa shape index (κ2) is 4.49. The quantitative estimate of drug-likeness (QED) is 0.889. The van der Waals surface area contributed by atoms with Gasteiger partial charge in [-0.3, -0.25) is 0 Å². The lowest BCUT2D eigenvalue weighted by atomic mass is 10.1. The highest BCUT2D eigenvalue weighted by Gasteiger charge is 2.41. The van der Waals surface area contributed by atoms with Crippen LogP contribution >= 0.6 is 11.6 Å². The van der Waals surface area contributed by atoms with Gasteiger partial charge in [-0.2, -0.15) is 0 Å². The normalized spacial score (nSPS) is 17.8. The Bertz CT molecular complexity index is 580. The minimum Gasteiger partial charge on any atom is -0.326 e. The summed E-state index contributed by atoms with van der Waals surface area (Å²) >= 11 is 5.95. The first-order valence-corrected chi connectivity index (χ1v) is 7.67. The van der Waals surface area contributed by atoms with Gasteiger partial charge in [0, 0.05) is 17.1 Å². The van der Waals surface area contributed by atoms with Crippen LogP contribution in [0.25, 0.3) is 0 Å². The summed E-state index contributed by atoms with van der Waals surface area (Å²) in [5.74, 6) is 0. The first-order chi connectivity index (χ1) is 8.27. The third kappa shape index (κ3) is 2.69. The van der Waals surface area contributed by atoms with Crippen molar-refractivity contribution < 1.29 is 8.42 Å². The van der Waals surface area contributed by atoms with Gasteiger partial charge in [0.2, 0.25) is 10.0 Å². The van der Waals surface area contributed by atoms with Crippen molar-refractivity contribution in [2.24, 2.45) is 5.73 Å². The van der Waals surface area contributed by atoms with Gasteiger partial charge in [0.1, 0.15) is 0 Å². The maximum absolute atomic E-state index is 12.3. The summed E-state index contributed by atoms with van der Waals surface area (Å²) in [5, 5.41) is 0.391. The summed E-state index contributed by atoms with van der Waals surface area (Å²) < 4.78 is 27.4. The van der Waals surface area contributed by atoms with Gasteiger partial charge in [0.05, 0.1) is 4.90 Å². The second-order valence-corrected chi connectivity index (χ2v) is 7.15. The van der Waals surface area contributed by atoms with Crippen LogP contribution in [-0.2, 0) is 16.6 Å². The largest absolute Gasteiger partial charge is 0.326 e. The highest BCUT2D eigenvalue weighted by atomic mass is 35.5. The number of halogens is 1. The Balaban J connectivity index is 2.46. The van der Waals surface area contributed by atoms with Crippen LogP contribution in [0.15, 0.2) is 17.0 Å². The van der Waals surface area contributed by atoms with Crippen LogP contribution in [0.2, 0.25) is 5.02 Å². The Morgan fingerprint density at radius 3 is 2.56 bits per heavy atom. The van der Waals surface area contributed by atoms with Crippen molar-refractivity contribution in [1.29, 1.82) is 0 Å². The summed E-state index contributed by atoms with van der Waals surface area (Å²) in [6.45, 7) is 3.92. The van der Waals surface area contributed by atoms with Crippen molar-refractivity contribution in [2.45, 2.75) is 43.7 Å². The lowest BCUT2D eigenvalue weighted by molar-refractivity contribution is 0.557. The van der Waals surface area contributed by atoms with Crippen LogP contribution in [0, 0.1) is 6.92 Å². The van der Waals surface area contributed by atoms with Gasteiger partial charge < -0.3 is 5.73 Å². The zero-order valence-corrected chi connectivity index (χ0v) is 12.0. The second-order valence-electron chi connectivity index (χ2n) is 5.06. The topological polar surface area (TPSA) is 72.2 Å². The molecule has 4 nitrogen and oxygen atoms in total. The van der Waals surface area contributed by atoms with Crippen LogP contribution < -0.4 is 10.5 Å². The molecule has 1 aromatic carbocycles. The molecule has 0 aromatic heterocycles. The molecule has 6 heteroatoms. The van der Waals surface area contributed by atoms with E-state index in [1.165, 1.54) is 6.07 Å². The van der Waals surface area contributed by atoms with Gasteiger partial charge in [-0.15, -0.1) is 0 Å². The molecule has 0 radical (unpaired) electrons. The number of benzene rings is 1. The summed E-state index contributed by atoms with van der Waals surface area (Å²) in [6, 6.07) is 3.18. The van der Waals surface area contributed by atoms with E-state index in [4.69, 9.17) is 17.3 Å². The molecule has 0 unspecified atom stereocenters. The monoisotopic (exact) mass is 288 g/mol. The van der Waals surface area contributed by atoms with Crippen LogP contribution in [0.3, 0.4) is 0 Å². The minimum absolute atomic E-state index is 0.226. The fourth-order valence-corrected chi connectivity index (χ4v) is 3.95. The number of nitrogens with two attached hydrogens (primary N) is 1. The zero-order chi connectivity index (χ0) is 13.6. The maximum Gasteiger partial charge on any atom is 0.241 e. The maximum atomic E-state index is 12.3. The fraction of sp³-hybridized carbons (Fsp3) is 0.500. The number of nitrogens with one attached hydrogen (secondary N) is 1. The fourth-order valence-electron chi connectivity index (χ4n) is 1.87. The van der Waals surface area contributed by atoms with E-state index in [2.05, 4.69) is 4.72 Å². The van der Waals surface area contributed by atoms with E-state index < -0.39 is 10.0 Å². The van der Waals surface area contributed by atoms with Crippen LogP contribution in [-0.4, -0.2) is 14.0 Å². The molecular formula is C12H17ClN2O2S. The molecular weight excluding hydrogens is 272 g/mol. The molecule has 1 aliphatic carbocycles. The Morgan fingerprint density at radius 2 is 2.06 bits per heavy atom. The molecule has 1 fully saturated rings. The number of sulfonamides is 1. The van der Waals surface area contributed by atoms with Gasteiger partial charge in [-0.05, 0) is 49.9 Å². The van der Waals surface area contributed by atoms with E-state index in [-0.39, 0.29) is 17.0 Å². The van der Waals surface area contributed by atoms with Crippen LogP contribution in [0.4, 0.5) is 0 Å².